The van der Waals surface area contributed by atoms with E-state index in [0.29, 0.717) is 0 Å². The van der Waals surface area contributed by atoms with E-state index in [1.807, 2.05) is 0 Å². The third-order valence-electron chi connectivity index (χ3n) is 3.94. The van der Waals surface area contributed by atoms with Gasteiger partial charge in [-0.3, -0.25) is 0 Å². The Hall–Kier alpha value is -0.0177. The van der Waals surface area contributed by atoms with E-state index in [0.717, 1.165) is 0 Å². The van der Waals surface area contributed by atoms with Crippen LogP contribution in [0.15, 0.2) is 0 Å². The van der Waals surface area contributed by atoms with Gasteiger partial charge in [0.1, 0.15) is 0 Å². The van der Waals surface area contributed by atoms with Gasteiger partial charge in [0.25, 0.3) is 0 Å². The van der Waals surface area contributed by atoms with Crippen LogP contribution in [0.4, 0.5) is 0 Å². The predicted molar refractivity (Wildman–Crippen MR) is 83.6 cm³/mol. The average molecular weight is 494 g/mol. The van der Waals surface area contributed by atoms with Crippen molar-refractivity contribution in [1.82, 2.24) is 0 Å². The molecule has 1 N–H and O–H groups in total. The number of nitrogens with zero attached hydrogens (tertiary/aromatic N) is 1. The fraction of sp³-hybridized carbons (Fsp3) is 1.00. The Labute approximate surface area is 140 Å². The number of hydrogen-bond acceptors (Lipinski definition) is 3. The second-order valence-corrected chi connectivity index (χ2v) is 8.89. The normalized spacial score (nSPS) is 11.9. The Morgan fingerprint density at radius 3 is 0.955 bits per heavy atom. The van der Waals surface area contributed by atoms with E-state index in [2.05, 4.69) is 27.7 Å². The van der Waals surface area contributed by atoms with Gasteiger partial charge < -0.3 is 4.48 Å². The zero-order valence-corrected chi connectivity index (χ0v) is 17.7. The first-order chi connectivity index (χ1) is 10.2. The van der Waals surface area contributed by atoms with Crippen molar-refractivity contribution in [3.8, 4) is 0 Å². The average Bonchev–Trinajstić information content (AvgIpc) is 2.44. The summed E-state index contributed by atoms with van der Waals surface area (Å²) in [5.41, 5.74) is 0. The molecular formula is C16H37NO4Re+. The Kier molecular flexibility index (Phi) is 16.0. The summed E-state index contributed by atoms with van der Waals surface area (Å²) in [4.78, 5) is 0. The summed E-state index contributed by atoms with van der Waals surface area (Å²) >= 11 is -5.86. The van der Waals surface area contributed by atoms with Gasteiger partial charge in [-0.25, -0.2) is 0 Å². The Morgan fingerprint density at radius 2 is 0.818 bits per heavy atom. The van der Waals surface area contributed by atoms with E-state index >= 15 is 0 Å². The van der Waals surface area contributed by atoms with E-state index in [4.69, 9.17) is 14.2 Å². The van der Waals surface area contributed by atoms with Gasteiger partial charge in [0.2, 0.25) is 0 Å². The molecular weight excluding hydrogens is 456 g/mol. The maximum atomic E-state index is 8.75. The van der Waals surface area contributed by atoms with E-state index in [9.17, 15) is 0 Å². The molecule has 0 aromatic rings. The summed E-state index contributed by atoms with van der Waals surface area (Å²) in [6.45, 7) is 15.0. The summed E-state index contributed by atoms with van der Waals surface area (Å²) in [5.74, 6) is 0. The van der Waals surface area contributed by atoms with Crippen molar-refractivity contribution in [2.24, 2.45) is 0 Å². The molecule has 0 saturated heterocycles. The van der Waals surface area contributed by atoms with Crippen LogP contribution in [0.25, 0.3) is 0 Å². The zero-order valence-electron chi connectivity index (χ0n) is 15.0. The van der Waals surface area contributed by atoms with Crippen LogP contribution in [0, 0.1) is 0 Å². The standard InChI is InChI=1S/C16H36N.H2O.3O.Re/c1-5-9-13-17(14-10-6-2,15-11-7-3)16-12-8-4;;;;;/h5-16H2,1-4H3;1H2;;;;/q+1;;;;;+1/p-1. The third kappa shape index (κ3) is 18.0. The summed E-state index contributed by atoms with van der Waals surface area (Å²) in [6, 6.07) is 0. The third-order valence-corrected chi connectivity index (χ3v) is 3.94. The number of unbranched alkanes of at least 4 members (excludes halogenated alkanes) is 4. The SMILES string of the molecule is CCCC[N+](CCCC)(CCCC)CCCC.[O]=[Re](=[O])(=[O])[OH]. The molecule has 22 heavy (non-hydrogen) atoms. The van der Waals surface area contributed by atoms with Crippen molar-refractivity contribution in [1.29, 1.82) is 0 Å². The van der Waals surface area contributed by atoms with E-state index in [1.165, 1.54) is 82.0 Å². The molecule has 0 saturated carbocycles. The predicted octanol–water partition coefficient (Wildman–Crippen LogP) is 4.09. The molecule has 0 atom stereocenters. The van der Waals surface area contributed by atoms with Crippen LogP contribution in [-0.2, 0) is 26.2 Å². The fourth-order valence-electron chi connectivity index (χ4n) is 2.64. The summed E-state index contributed by atoms with van der Waals surface area (Å²) in [5, 5.41) is 0. The molecule has 0 aliphatic heterocycles. The van der Waals surface area contributed by atoms with Crippen LogP contribution < -0.4 is 0 Å². The second-order valence-electron chi connectivity index (χ2n) is 6.05. The van der Waals surface area contributed by atoms with Gasteiger partial charge in [0.15, 0.2) is 0 Å². The molecule has 0 aromatic carbocycles. The molecule has 5 nitrogen and oxygen atoms in total. The Morgan fingerprint density at radius 1 is 0.636 bits per heavy atom. The monoisotopic (exact) mass is 494 g/mol. The molecule has 6 heteroatoms. The van der Waals surface area contributed by atoms with Gasteiger partial charge in [-0.05, 0) is 25.7 Å². The Balaban J connectivity index is 0. The van der Waals surface area contributed by atoms with Crippen LogP contribution in [-0.4, -0.2) is 34.5 Å². The van der Waals surface area contributed by atoms with Crippen molar-refractivity contribution in [2.45, 2.75) is 79.1 Å². The minimum atomic E-state index is -5.86. The van der Waals surface area contributed by atoms with Crippen molar-refractivity contribution < 1.29 is 34.5 Å². The molecule has 0 aliphatic carbocycles. The van der Waals surface area contributed by atoms with Gasteiger partial charge in [0, 0.05) is 0 Å². The molecule has 0 aromatic heterocycles. The van der Waals surface area contributed by atoms with Crippen molar-refractivity contribution in [2.75, 3.05) is 26.2 Å². The quantitative estimate of drug-likeness (QED) is 0.416. The van der Waals surface area contributed by atoms with E-state index in [-0.39, 0.29) is 0 Å². The van der Waals surface area contributed by atoms with Crippen LogP contribution in [0.1, 0.15) is 79.1 Å². The fourth-order valence-corrected chi connectivity index (χ4v) is 2.64. The molecule has 0 heterocycles. The molecule has 0 bridgehead atoms. The van der Waals surface area contributed by atoms with Gasteiger partial charge in [-0.15, -0.1) is 0 Å². The molecule has 0 radical (unpaired) electrons. The second kappa shape index (κ2) is 14.6. The molecule has 0 aliphatic rings. The summed E-state index contributed by atoms with van der Waals surface area (Å²) < 4.78 is 34.7. The molecule has 0 fully saturated rings. The molecule has 0 unspecified atom stereocenters. The van der Waals surface area contributed by atoms with Crippen molar-refractivity contribution >= 4 is 0 Å². The summed E-state index contributed by atoms with van der Waals surface area (Å²) in [6.07, 6.45) is 11.1. The molecule has 0 amide bonds. The van der Waals surface area contributed by atoms with Gasteiger partial charge in [-0.1, -0.05) is 53.4 Å². The number of rotatable bonds is 12. The van der Waals surface area contributed by atoms with Crippen LogP contribution >= 0.6 is 0 Å². The van der Waals surface area contributed by atoms with Crippen LogP contribution in [0.2, 0.25) is 0 Å². The first kappa shape index (κ1) is 24.2. The van der Waals surface area contributed by atoms with E-state index in [1.54, 1.807) is 0 Å². The van der Waals surface area contributed by atoms with Gasteiger partial charge >= 0.3 is 30.0 Å². The van der Waals surface area contributed by atoms with Crippen LogP contribution in [0.3, 0.4) is 0 Å². The Bertz CT molecular complexity index is 336. The maximum absolute atomic E-state index is 8.75. The van der Waals surface area contributed by atoms with Gasteiger partial charge in [-0.2, -0.15) is 0 Å². The topological polar surface area (TPSA) is 71.4 Å². The number of quaternary nitrogens is 1. The molecule has 0 spiro atoms. The first-order valence-corrected chi connectivity index (χ1v) is 13.3. The van der Waals surface area contributed by atoms with Crippen LogP contribution in [0.5, 0.6) is 0 Å². The molecule has 0 rings (SSSR count). The first-order valence-electron chi connectivity index (χ1n) is 8.73. The molecule has 136 valence electrons. The number of hydrogen-bond donors (Lipinski definition) is 1. The van der Waals surface area contributed by atoms with Crippen molar-refractivity contribution in [3.63, 3.8) is 0 Å². The summed E-state index contributed by atoms with van der Waals surface area (Å²) in [7, 11) is 0. The van der Waals surface area contributed by atoms with Gasteiger partial charge in [0.05, 0.1) is 26.2 Å². The zero-order chi connectivity index (χ0) is 17.5. The van der Waals surface area contributed by atoms with Crippen molar-refractivity contribution in [3.05, 3.63) is 0 Å². The van der Waals surface area contributed by atoms with E-state index < -0.39 is 15.8 Å². The minimum absolute atomic E-state index is 1.35.